The lowest BCUT2D eigenvalue weighted by Crippen LogP contribution is -2.34. The van der Waals surface area contributed by atoms with Gasteiger partial charge in [-0.2, -0.15) is 13.2 Å². The third-order valence-electron chi connectivity index (χ3n) is 2.19. The van der Waals surface area contributed by atoms with Crippen molar-refractivity contribution in [2.24, 2.45) is 5.73 Å². The summed E-state index contributed by atoms with van der Waals surface area (Å²) in [7, 11) is 0. The van der Waals surface area contributed by atoms with Crippen LogP contribution in [0.4, 0.5) is 13.2 Å². The van der Waals surface area contributed by atoms with Crippen molar-refractivity contribution in [3.05, 3.63) is 29.8 Å². The summed E-state index contributed by atoms with van der Waals surface area (Å²) in [6, 6.07) is 6.22. The number of rotatable bonds is 4. The van der Waals surface area contributed by atoms with Crippen molar-refractivity contribution >= 4 is 0 Å². The molecule has 17 heavy (non-hydrogen) atoms. The van der Waals surface area contributed by atoms with Crippen molar-refractivity contribution in [1.29, 1.82) is 0 Å². The van der Waals surface area contributed by atoms with Crippen molar-refractivity contribution in [2.45, 2.75) is 25.2 Å². The fraction of sp³-hybridized carbons (Fsp3) is 0.455. The van der Waals surface area contributed by atoms with Crippen LogP contribution in [0.1, 0.15) is 18.5 Å². The largest absolute Gasteiger partial charge is 0.491 e. The fourth-order valence-corrected chi connectivity index (χ4v) is 1.14. The second-order valence-corrected chi connectivity index (χ2v) is 3.73. The monoisotopic (exact) mass is 249 g/mol. The standard InChI is InChI=1S/C11H14F3NO2/c1-7(15)8-2-4-9(5-3-8)17-6-10(16)11(12,13)14/h2-5,7,10,16H,6,15H2,1H3/t7-,10?/m0/s1. The number of aliphatic hydroxyl groups excluding tert-OH is 1. The van der Waals surface area contributed by atoms with E-state index in [4.69, 9.17) is 15.6 Å². The van der Waals surface area contributed by atoms with Gasteiger partial charge in [-0.15, -0.1) is 0 Å². The van der Waals surface area contributed by atoms with E-state index in [9.17, 15) is 13.2 Å². The maximum Gasteiger partial charge on any atom is 0.417 e. The maximum atomic E-state index is 12.0. The van der Waals surface area contributed by atoms with Crippen LogP contribution < -0.4 is 10.5 Å². The molecule has 0 saturated heterocycles. The summed E-state index contributed by atoms with van der Waals surface area (Å²) in [5.41, 5.74) is 6.47. The van der Waals surface area contributed by atoms with E-state index in [2.05, 4.69) is 0 Å². The molecule has 0 fully saturated rings. The van der Waals surface area contributed by atoms with Gasteiger partial charge < -0.3 is 15.6 Å². The van der Waals surface area contributed by atoms with Gasteiger partial charge in [0.25, 0.3) is 0 Å². The first kappa shape index (κ1) is 13.8. The Hall–Kier alpha value is -1.27. The van der Waals surface area contributed by atoms with Gasteiger partial charge in [0.15, 0.2) is 6.10 Å². The predicted octanol–water partition coefficient (Wildman–Crippen LogP) is 2.01. The zero-order valence-corrected chi connectivity index (χ0v) is 9.24. The quantitative estimate of drug-likeness (QED) is 0.858. The average Bonchev–Trinajstić information content (AvgIpc) is 2.25. The molecule has 0 saturated carbocycles. The third-order valence-corrected chi connectivity index (χ3v) is 2.19. The van der Waals surface area contributed by atoms with Gasteiger partial charge in [-0.05, 0) is 24.6 Å². The van der Waals surface area contributed by atoms with Crippen molar-refractivity contribution in [2.75, 3.05) is 6.61 Å². The molecule has 0 aliphatic heterocycles. The fourth-order valence-electron chi connectivity index (χ4n) is 1.14. The lowest BCUT2D eigenvalue weighted by molar-refractivity contribution is -0.210. The highest BCUT2D eigenvalue weighted by Gasteiger charge is 2.38. The first-order valence-electron chi connectivity index (χ1n) is 5.04. The molecule has 1 unspecified atom stereocenters. The topological polar surface area (TPSA) is 55.5 Å². The molecule has 0 aromatic heterocycles. The number of ether oxygens (including phenoxy) is 1. The van der Waals surface area contributed by atoms with E-state index < -0.39 is 18.9 Å². The molecule has 3 nitrogen and oxygen atoms in total. The van der Waals surface area contributed by atoms with Crippen LogP contribution in [0.3, 0.4) is 0 Å². The van der Waals surface area contributed by atoms with Crippen LogP contribution in [0, 0.1) is 0 Å². The van der Waals surface area contributed by atoms with Gasteiger partial charge in [0.1, 0.15) is 12.4 Å². The van der Waals surface area contributed by atoms with E-state index in [0.29, 0.717) is 0 Å². The van der Waals surface area contributed by atoms with Crippen molar-refractivity contribution in [3.8, 4) is 5.75 Å². The zero-order chi connectivity index (χ0) is 13.1. The van der Waals surface area contributed by atoms with E-state index in [-0.39, 0.29) is 11.8 Å². The first-order chi connectivity index (χ1) is 7.80. The molecule has 0 aliphatic rings. The van der Waals surface area contributed by atoms with Gasteiger partial charge in [0.2, 0.25) is 0 Å². The molecule has 0 bridgehead atoms. The smallest absolute Gasteiger partial charge is 0.417 e. The SMILES string of the molecule is C[C@H](N)c1ccc(OCC(O)C(F)(F)F)cc1. The van der Waals surface area contributed by atoms with Gasteiger partial charge in [0, 0.05) is 6.04 Å². The summed E-state index contributed by atoms with van der Waals surface area (Å²) in [4.78, 5) is 0. The van der Waals surface area contributed by atoms with Gasteiger partial charge in [-0.3, -0.25) is 0 Å². The Labute approximate surface area is 97.0 Å². The van der Waals surface area contributed by atoms with Gasteiger partial charge >= 0.3 is 6.18 Å². The molecule has 0 amide bonds. The van der Waals surface area contributed by atoms with Crippen LogP contribution >= 0.6 is 0 Å². The first-order valence-corrected chi connectivity index (χ1v) is 5.04. The van der Waals surface area contributed by atoms with Gasteiger partial charge in [-0.25, -0.2) is 0 Å². The Bertz CT molecular complexity index is 349. The Morgan fingerprint density at radius 1 is 1.29 bits per heavy atom. The Morgan fingerprint density at radius 2 is 1.82 bits per heavy atom. The molecule has 1 aromatic carbocycles. The summed E-state index contributed by atoms with van der Waals surface area (Å²) in [6.45, 7) is 0.976. The summed E-state index contributed by atoms with van der Waals surface area (Å²) in [6.07, 6.45) is -7.14. The highest BCUT2D eigenvalue weighted by Crippen LogP contribution is 2.21. The molecule has 0 radical (unpaired) electrons. The minimum atomic E-state index is -4.66. The Morgan fingerprint density at radius 3 is 2.24 bits per heavy atom. The predicted molar refractivity (Wildman–Crippen MR) is 56.6 cm³/mol. The number of hydrogen-bond acceptors (Lipinski definition) is 3. The highest BCUT2D eigenvalue weighted by atomic mass is 19.4. The zero-order valence-electron chi connectivity index (χ0n) is 9.24. The molecular weight excluding hydrogens is 235 g/mol. The number of aliphatic hydroxyl groups is 1. The number of hydrogen-bond donors (Lipinski definition) is 2. The van der Waals surface area contributed by atoms with E-state index in [0.717, 1.165) is 5.56 Å². The highest BCUT2D eigenvalue weighted by molar-refractivity contribution is 5.28. The molecule has 3 N–H and O–H groups in total. The molecule has 6 heteroatoms. The van der Waals surface area contributed by atoms with E-state index in [1.807, 2.05) is 0 Å². The normalized spacial score (nSPS) is 15.4. The molecule has 0 aliphatic carbocycles. The minimum Gasteiger partial charge on any atom is -0.491 e. The molecule has 0 spiro atoms. The molecule has 1 aromatic rings. The second-order valence-electron chi connectivity index (χ2n) is 3.73. The minimum absolute atomic E-state index is 0.148. The van der Waals surface area contributed by atoms with E-state index in [1.54, 1.807) is 19.1 Å². The molecule has 1 rings (SSSR count). The number of alkyl halides is 3. The summed E-state index contributed by atoms with van der Waals surface area (Å²) >= 11 is 0. The van der Waals surface area contributed by atoms with Crippen LogP contribution in [0.15, 0.2) is 24.3 Å². The number of benzene rings is 1. The molecular formula is C11H14F3NO2. The van der Waals surface area contributed by atoms with Crippen LogP contribution in [-0.2, 0) is 0 Å². The number of halogens is 3. The van der Waals surface area contributed by atoms with Crippen LogP contribution in [0.25, 0.3) is 0 Å². The van der Waals surface area contributed by atoms with Crippen LogP contribution in [0.2, 0.25) is 0 Å². The summed E-state index contributed by atoms with van der Waals surface area (Å²) in [5.74, 6) is 0.262. The van der Waals surface area contributed by atoms with E-state index >= 15 is 0 Å². The Balaban J connectivity index is 2.53. The molecule has 0 heterocycles. The molecule has 96 valence electrons. The van der Waals surface area contributed by atoms with Gasteiger partial charge in [0.05, 0.1) is 0 Å². The molecule has 2 atom stereocenters. The van der Waals surface area contributed by atoms with Crippen molar-refractivity contribution in [1.82, 2.24) is 0 Å². The Kier molecular flexibility index (Phi) is 4.36. The number of nitrogens with two attached hydrogens (primary N) is 1. The average molecular weight is 249 g/mol. The van der Waals surface area contributed by atoms with Crippen LogP contribution in [-0.4, -0.2) is 24.0 Å². The second kappa shape index (κ2) is 5.37. The van der Waals surface area contributed by atoms with E-state index in [1.165, 1.54) is 12.1 Å². The lowest BCUT2D eigenvalue weighted by Gasteiger charge is -2.15. The third kappa shape index (κ3) is 4.24. The van der Waals surface area contributed by atoms with Crippen molar-refractivity contribution in [3.63, 3.8) is 0 Å². The van der Waals surface area contributed by atoms with Crippen LogP contribution in [0.5, 0.6) is 5.75 Å². The maximum absolute atomic E-state index is 12.0. The van der Waals surface area contributed by atoms with Gasteiger partial charge in [-0.1, -0.05) is 12.1 Å². The van der Waals surface area contributed by atoms with Crippen molar-refractivity contribution < 1.29 is 23.0 Å². The summed E-state index contributed by atoms with van der Waals surface area (Å²) < 4.78 is 40.7. The summed E-state index contributed by atoms with van der Waals surface area (Å²) in [5, 5.41) is 8.72. The lowest BCUT2D eigenvalue weighted by atomic mass is 10.1.